The van der Waals surface area contributed by atoms with Gasteiger partial charge in [-0.15, -0.1) is 0 Å². The van der Waals surface area contributed by atoms with E-state index >= 15 is 0 Å². The Morgan fingerprint density at radius 1 is 0.903 bits per heavy atom. The van der Waals surface area contributed by atoms with Crippen LogP contribution in [0.1, 0.15) is 33.3 Å². The Kier molecular flexibility index (Phi) is 6.82. The summed E-state index contributed by atoms with van der Waals surface area (Å²) in [6.45, 7) is 2.16. The first-order chi connectivity index (χ1) is 15.2. The summed E-state index contributed by atoms with van der Waals surface area (Å²) in [5.41, 5.74) is 2.55. The zero-order valence-corrected chi connectivity index (χ0v) is 17.6. The van der Waals surface area contributed by atoms with Crippen LogP contribution < -0.4 is 5.32 Å². The molecule has 31 heavy (non-hydrogen) atoms. The zero-order valence-electron chi connectivity index (χ0n) is 16.8. The van der Waals surface area contributed by atoms with Crippen molar-refractivity contribution in [2.24, 2.45) is 0 Å². The Bertz CT molecular complexity index is 1090. The van der Waals surface area contributed by atoms with Gasteiger partial charge in [-0.2, -0.15) is 0 Å². The highest BCUT2D eigenvalue weighted by molar-refractivity contribution is 6.30. The first kappa shape index (κ1) is 20.9. The Balaban J connectivity index is 1.43. The number of oxazole rings is 1. The number of halogens is 1. The van der Waals surface area contributed by atoms with E-state index in [1.807, 2.05) is 42.5 Å². The molecule has 0 aliphatic rings. The molecule has 0 atom stereocenters. The maximum Gasteiger partial charge on any atom is 0.273 e. The molecule has 0 fully saturated rings. The largest absolute Gasteiger partial charge is 0.467 e. The van der Waals surface area contributed by atoms with Crippen molar-refractivity contribution in [2.75, 3.05) is 0 Å². The van der Waals surface area contributed by atoms with Gasteiger partial charge in [0.05, 0.1) is 19.4 Å². The molecule has 2 aromatic heterocycles. The highest BCUT2D eigenvalue weighted by atomic mass is 35.5. The zero-order chi connectivity index (χ0) is 21.5. The van der Waals surface area contributed by atoms with Crippen LogP contribution in [0.25, 0.3) is 0 Å². The lowest BCUT2D eigenvalue weighted by molar-refractivity contribution is 0.0943. The van der Waals surface area contributed by atoms with Crippen molar-refractivity contribution in [3.8, 4) is 0 Å². The number of hydrogen-bond donors (Lipinski definition) is 1. The third-order valence-electron chi connectivity index (χ3n) is 4.71. The van der Waals surface area contributed by atoms with Crippen LogP contribution in [0.5, 0.6) is 0 Å². The molecule has 7 heteroatoms. The van der Waals surface area contributed by atoms with Crippen LogP contribution in [0.4, 0.5) is 0 Å². The molecular weight excluding hydrogens is 414 g/mol. The van der Waals surface area contributed by atoms with Crippen molar-refractivity contribution in [1.29, 1.82) is 0 Å². The van der Waals surface area contributed by atoms with Crippen molar-refractivity contribution in [1.82, 2.24) is 15.2 Å². The molecule has 4 rings (SSSR count). The third-order valence-corrected chi connectivity index (χ3v) is 4.97. The second kappa shape index (κ2) is 10.1. The minimum atomic E-state index is -0.307. The Morgan fingerprint density at radius 3 is 2.35 bits per heavy atom. The molecule has 0 aliphatic heterocycles. The average molecular weight is 436 g/mol. The molecular formula is C24H22ClN3O3. The van der Waals surface area contributed by atoms with Gasteiger partial charge in [0, 0.05) is 18.1 Å². The second-order valence-electron chi connectivity index (χ2n) is 7.15. The van der Waals surface area contributed by atoms with Crippen molar-refractivity contribution >= 4 is 17.5 Å². The smallest absolute Gasteiger partial charge is 0.273 e. The normalized spacial score (nSPS) is 11.0. The molecule has 2 heterocycles. The van der Waals surface area contributed by atoms with Crippen LogP contribution in [0.15, 0.2) is 88.1 Å². The van der Waals surface area contributed by atoms with Crippen LogP contribution >= 0.6 is 11.6 Å². The van der Waals surface area contributed by atoms with Gasteiger partial charge < -0.3 is 14.2 Å². The topological polar surface area (TPSA) is 71.5 Å². The molecule has 0 radical (unpaired) electrons. The van der Waals surface area contributed by atoms with Crippen molar-refractivity contribution in [3.05, 3.63) is 113 Å². The van der Waals surface area contributed by atoms with E-state index in [9.17, 15) is 4.79 Å². The van der Waals surface area contributed by atoms with Gasteiger partial charge in [0.2, 0.25) is 5.89 Å². The fraction of sp³-hybridized carbons (Fsp3) is 0.167. The lowest BCUT2D eigenvalue weighted by atomic mass is 10.1. The van der Waals surface area contributed by atoms with E-state index in [1.165, 1.54) is 11.8 Å². The summed E-state index contributed by atoms with van der Waals surface area (Å²) in [5.74, 6) is 0.848. The van der Waals surface area contributed by atoms with Gasteiger partial charge in [-0.25, -0.2) is 4.98 Å². The lowest BCUT2D eigenvalue weighted by Gasteiger charge is -2.21. The number of nitrogens with zero attached hydrogens (tertiary/aromatic N) is 2. The van der Waals surface area contributed by atoms with Gasteiger partial charge >= 0.3 is 0 Å². The molecule has 4 aromatic rings. The van der Waals surface area contributed by atoms with Gasteiger partial charge in [0.25, 0.3) is 5.91 Å². The summed E-state index contributed by atoms with van der Waals surface area (Å²) >= 11 is 6.02. The predicted octanol–water partition coefficient (Wildman–Crippen LogP) is 5.05. The average Bonchev–Trinajstić information content (AvgIpc) is 3.47. The van der Waals surface area contributed by atoms with Gasteiger partial charge in [0.15, 0.2) is 5.69 Å². The lowest BCUT2D eigenvalue weighted by Crippen LogP contribution is -2.24. The molecule has 0 unspecified atom stereocenters. The molecule has 158 valence electrons. The van der Waals surface area contributed by atoms with Crippen LogP contribution in [0.3, 0.4) is 0 Å². The Morgan fingerprint density at radius 2 is 1.65 bits per heavy atom. The number of furan rings is 1. The van der Waals surface area contributed by atoms with E-state index in [0.29, 0.717) is 42.9 Å². The van der Waals surface area contributed by atoms with E-state index in [4.69, 9.17) is 20.4 Å². The second-order valence-corrected chi connectivity index (χ2v) is 7.58. The van der Waals surface area contributed by atoms with Gasteiger partial charge in [-0.3, -0.25) is 9.69 Å². The highest BCUT2D eigenvalue weighted by Gasteiger charge is 2.16. The number of rotatable bonds is 9. The molecule has 1 N–H and O–H groups in total. The summed E-state index contributed by atoms with van der Waals surface area (Å²) in [4.78, 5) is 18.9. The number of hydrogen-bond acceptors (Lipinski definition) is 5. The van der Waals surface area contributed by atoms with Crippen LogP contribution in [-0.2, 0) is 26.2 Å². The Hall–Kier alpha value is -3.35. The molecule has 6 nitrogen and oxygen atoms in total. The van der Waals surface area contributed by atoms with E-state index in [2.05, 4.69) is 27.3 Å². The molecule has 0 saturated heterocycles. The molecule has 0 aliphatic carbocycles. The predicted molar refractivity (Wildman–Crippen MR) is 117 cm³/mol. The SMILES string of the molecule is O=C(NCc1ccco1)c1coc(CN(Cc2ccccc2)Cc2ccc(Cl)cc2)n1. The maximum atomic E-state index is 12.4. The van der Waals surface area contributed by atoms with E-state index in [-0.39, 0.29) is 11.6 Å². The number of amides is 1. The number of benzene rings is 2. The quantitative estimate of drug-likeness (QED) is 0.398. The third kappa shape index (κ3) is 6.07. The van der Waals surface area contributed by atoms with Gasteiger partial charge in [-0.1, -0.05) is 54.1 Å². The van der Waals surface area contributed by atoms with Crippen molar-refractivity contribution in [3.63, 3.8) is 0 Å². The van der Waals surface area contributed by atoms with Crippen LogP contribution in [0.2, 0.25) is 5.02 Å². The minimum absolute atomic E-state index is 0.243. The standard InChI is InChI=1S/C24H22ClN3O3/c25-20-10-8-19(9-11-20)15-28(14-18-5-2-1-3-6-18)16-23-27-22(17-31-23)24(29)26-13-21-7-4-12-30-21/h1-12,17H,13-16H2,(H,26,29). The Labute approximate surface area is 185 Å². The highest BCUT2D eigenvalue weighted by Crippen LogP contribution is 2.16. The summed E-state index contributed by atoms with van der Waals surface area (Å²) < 4.78 is 10.8. The first-order valence-electron chi connectivity index (χ1n) is 9.91. The number of carbonyl (C=O) groups is 1. The summed E-state index contributed by atoms with van der Waals surface area (Å²) in [7, 11) is 0. The number of nitrogens with one attached hydrogen (secondary N) is 1. The number of aromatic nitrogens is 1. The van der Waals surface area contributed by atoms with Gasteiger partial charge in [-0.05, 0) is 35.4 Å². The summed E-state index contributed by atoms with van der Waals surface area (Å²) in [6, 6.07) is 21.5. The summed E-state index contributed by atoms with van der Waals surface area (Å²) in [6.07, 6.45) is 2.95. The first-order valence-corrected chi connectivity index (χ1v) is 10.3. The van der Waals surface area contributed by atoms with Crippen LogP contribution in [0, 0.1) is 0 Å². The molecule has 0 bridgehead atoms. The van der Waals surface area contributed by atoms with E-state index in [1.54, 1.807) is 18.4 Å². The molecule has 2 aromatic carbocycles. The van der Waals surface area contributed by atoms with Crippen molar-refractivity contribution in [2.45, 2.75) is 26.2 Å². The van der Waals surface area contributed by atoms with E-state index < -0.39 is 0 Å². The fourth-order valence-electron chi connectivity index (χ4n) is 3.21. The number of carbonyl (C=O) groups excluding carboxylic acids is 1. The minimum Gasteiger partial charge on any atom is -0.467 e. The van der Waals surface area contributed by atoms with Gasteiger partial charge in [0.1, 0.15) is 12.0 Å². The summed E-state index contributed by atoms with van der Waals surface area (Å²) in [5, 5.41) is 3.48. The van der Waals surface area contributed by atoms with Crippen molar-refractivity contribution < 1.29 is 13.6 Å². The fourth-order valence-corrected chi connectivity index (χ4v) is 3.33. The van der Waals surface area contributed by atoms with Crippen LogP contribution in [-0.4, -0.2) is 15.8 Å². The molecule has 0 spiro atoms. The molecule has 0 saturated carbocycles. The monoisotopic (exact) mass is 435 g/mol. The molecule has 1 amide bonds. The van der Waals surface area contributed by atoms with E-state index in [0.717, 1.165) is 5.56 Å². The maximum absolute atomic E-state index is 12.4.